The number of hydrazine groups is 1. The Morgan fingerprint density at radius 3 is 2.29 bits per heavy atom. The predicted octanol–water partition coefficient (Wildman–Crippen LogP) is 3.17. The van der Waals surface area contributed by atoms with Gasteiger partial charge in [0.25, 0.3) is 17.7 Å². The zero-order valence-electron chi connectivity index (χ0n) is 16.4. The Bertz CT molecular complexity index is 1140. The number of carbonyl (C=O) groups is 3. The summed E-state index contributed by atoms with van der Waals surface area (Å²) < 4.78 is 5.65. The monoisotopic (exact) mass is 413 g/mol. The van der Waals surface area contributed by atoms with E-state index in [2.05, 4.69) is 10.7 Å². The van der Waals surface area contributed by atoms with Crippen molar-refractivity contribution in [2.75, 3.05) is 16.9 Å². The summed E-state index contributed by atoms with van der Waals surface area (Å²) in [5.41, 5.74) is 4.28. The molecule has 1 fully saturated rings. The van der Waals surface area contributed by atoms with Crippen molar-refractivity contribution in [3.63, 3.8) is 0 Å². The molecule has 0 aromatic heterocycles. The van der Waals surface area contributed by atoms with Gasteiger partial charge in [-0.2, -0.15) is 0 Å². The summed E-state index contributed by atoms with van der Waals surface area (Å²) in [6, 6.07) is 24.8. The minimum atomic E-state index is -0.509. The molecule has 1 aliphatic rings. The molecule has 0 aliphatic carbocycles. The second-order valence-electron chi connectivity index (χ2n) is 6.72. The molecule has 0 atom stereocenters. The van der Waals surface area contributed by atoms with Gasteiger partial charge < -0.3 is 10.1 Å². The van der Waals surface area contributed by atoms with E-state index in [1.54, 1.807) is 60.7 Å². The van der Waals surface area contributed by atoms with E-state index < -0.39 is 11.8 Å². The van der Waals surface area contributed by atoms with Crippen LogP contribution in [0.25, 0.3) is 6.08 Å². The third-order valence-corrected chi connectivity index (χ3v) is 4.54. The highest BCUT2D eigenvalue weighted by atomic mass is 16.5. The minimum Gasteiger partial charge on any atom is -0.483 e. The smallest absolute Gasteiger partial charge is 0.282 e. The van der Waals surface area contributed by atoms with Gasteiger partial charge in [0, 0.05) is 11.3 Å². The molecule has 0 saturated carbocycles. The number of nitrogens with zero attached hydrogens (tertiary/aromatic N) is 1. The van der Waals surface area contributed by atoms with Gasteiger partial charge >= 0.3 is 0 Å². The van der Waals surface area contributed by atoms with Crippen LogP contribution in [0.2, 0.25) is 0 Å². The van der Waals surface area contributed by atoms with Gasteiger partial charge in [-0.05, 0) is 36.4 Å². The molecule has 3 amide bonds. The number of amides is 3. The molecule has 2 N–H and O–H groups in total. The molecule has 0 radical (unpaired) electrons. The number of rotatable bonds is 6. The number of carbonyl (C=O) groups excluding carboxylic acids is 3. The quantitative estimate of drug-likeness (QED) is 0.480. The SMILES string of the molecule is O=C(COc1ccccc1/C=C1/C(=O)NN(c2ccccc2)C1=O)Nc1ccccc1. The van der Waals surface area contributed by atoms with E-state index in [0.29, 0.717) is 22.7 Å². The summed E-state index contributed by atoms with van der Waals surface area (Å²) in [7, 11) is 0. The van der Waals surface area contributed by atoms with E-state index in [1.165, 1.54) is 11.1 Å². The summed E-state index contributed by atoms with van der Waals surface area (Å²) in [4.78, 5) is 37.3. The van der Waals surface area contributed by atoms with Crippen molar-refractivity contribution in [3.8, 4) is 5.75 Å². The lowest BCUT2D eigenvalue weighted by Crippen LogP contribution is -2.35. The van der Waals surface area contributed by atoms with Crippen molar-refractivity contribution < 1.29 is 19.1 Å². The highest BCUT2D eigenvalue weighted by Crippen LogP contribution is 2.25. The average molecular weight is 413 g/mol. The molecule has 0 spiro atoms. The molecule has 1 saturated heterocycles. The molecule has 0 unspecified atom stereocenters. The molecule has 3 aromatic carbocycles. The fourth-order valence-electron chi connectivity index (χ4n) is 3.06. The van der Waals surface area contributed by atoms with Crippen molar-refractivity contribution in [3.05, 3.63) is 96.1 Å². The van der Waals surface area contributed by atoms with Crippen LogP contribution in [0.4, 0.5) is 11.4 Å². The Labute approximate surface area is 178 Å². The molecule has 154 valence electrons. The van der Waals surface area contributed by atoms with Crippen molar-refractivity contribution in [1.82, 2.24) is 5.43 Å². The van der Waals surface area contributed by atoms with Gasteiger partial charge in [0.15, 0.2) is 6.61 Å². The second kappa shape index (κ2) is 8.96. The maximum absolute atomic E-state index is 12.8. The molecule has 31 heavy (non-hydrogen) atoms. The first kappa shape index (κ1) is 19.9. The number of hydrogen-bond acceptors (Lipinski definition) is 4. The molecular formula is C24H19N3O4. The number of hydrogen-bond donors (Lipinski definition) is 2. The Morgan fingerprint density at radius 1 is 0.903 bits per heavy atom. The van der Waals surface area contributed by atoms with Gasteiger partial charge in [-0.25, -0.2) is 5.01 Å². The summed E-state index contributed by atoms with van der Waals surface area (Å²) in [5, 5.41) is 3.94. The third kappa shape index (κ3) is 4.62. The first-order chi connectivity index (χ1) is 15.1. The third-order valence-electron chi connectivity index (χ3n) is 4.54. The molecule has 7 heteroatoms. The summed E-state index contributed by atoms with van der Waals surface area (Å²) in [6.07, 6.45) is 1.46. The summed E-state index contributed by atoms with van der Waals surface area (Å²) in [6.45, 7) is -0.217. The maximum atomic E-state index is 12.8. The lowest BCUT2D eigenvalue weighted by molar-refractivity contribution is -0.118. The van der Waals surface area contributed by atoms with Crippen LogP contribution in [0.15, 0.2) is 90.5 Å². The molecule has 1 aliphatic heterocycles. The van der Waals surface area contributed by atoms with E-state index in [1.807, 2.05) is 24.3 Å². The number of para-hydroxylation sites is 3. The van der Waals surface area contributed by atoms with Crippen LogP contribution < -0.4 is 20.5 Å². The molecule has 4 rings (SSSR count). The van der Waals surface area contributed by atoms with Gasteiger partial charge in [-0.15, -0.1) is 0 Å². The van der Waals surface area contributed by atoms with Crippen LogP contribution in [0, 0.1) is 0 Å². The standard InChI is InChI=1S/C24H19N3O4/c28-22(25-18-10-3-1-4-11-18)16-31-21-14-8-7-9-17(21)15-20-23(29)26-27(24(20)30)19-12-5-2-6-13-19/h1-15H,16H2,(H,25,28)(H,26,29)/b20-15-. The fourth-order valence-corrected chi connectivity index (χ4v) is 3.06. The zero-order valence-corrected chi connectivity index (χ0v) is 16.4. The van der Waals surface area contributed by atoms with E-state index >= 15 is 0 Å². The van der Waals surface area contributed by atoms with Crippen molar-refractivity contribution in [1.29, 1.82) is 0 Å². The van der Waals surface area contributed by atoms with Gasteiger partial charge in [0.1, 0.15) is 11.3 Å². The highest BCUT2D eigenvalue weighted by Gasteiger charge is 2.34. The van der Waals surface area contributed by atoms with Gasteiger partial charge in [0.05, 0.1) is 5.69 Å². The summed E-state index contributed by atoms with van der Waals surface area (Å²) >= 11 is 0. The van der Waals surface area contributed by atoms with E-state index in [4.69, 9.17) is 4.74 Å². The van der Waals surface area contributed by atoms with E-state index in [-0.39, 0.29) is 18.1 Å². The number of anilines is 2. The van der Waals surface area contributed by atoms with Crippen LogP contribution in [-0.2, 0) is 14.4 Å². The Hall–Kier alpha value is -4.39. The topological polar surface area (TPSA) is 87.7 Å². The number of benzene rings is 3. The lowest BCUT2D eigenvalue weighted by atomic mass is 10.1. The zero-order chi connectivity index (χ0) is 21.6. The van der Waals surface area contributed by atoms with Crippen LogP contribution in [-0.4, -0.2) is 24.3 Å². The minimum absolute atomic E-state index is 0.0198. The first-order valence-electron chi connectivity index (χ1n) is 9.61. The molecular weight excluding hydrogens is 394 g/mol. The van der Waals surface area contributed by atoms with Crippen molar-refractivity contribution >= 4 is 35.2 Å². The maximum Gasteiger partial charge on any atom is 0.282 e. The molecule has 7 nitrogen and oxygen atoms in total. The number of ether oxygens (including phenoxy) is 1. The van der Waals surface area contributed by atoms with Crippen molar-refractivity contribution in [2.24, 2.45) is 0 Å². The largest absolute Gasteiger partial charge is 0.483 e. The predicted molar refractivity (Wildman–Crippen MR) is 117 cm³/mol. The van der Waals surface area contributed by atoms with Gasteiger partial charge in [-0.3, -0.25) is 19.8 Å². The van der Waals surface area contributed by atoms with Gasteiger partial charge in [-0.1, -0.05) is 54.6 Å². The fraction of sp³-hybridized carbons (Fsp3) is 0.0417. The van der Waals surface area contributed by atoms with Crippen LogP contribution in [0.3, 0.4) is 0 Å². The van der Waals surface area contributed by atoms with Gasteiger partial charge in [0.2, 0.25) is 0 Å². The average Bonchev–Trinajstić information content (AvgIpc) is 3.08. The van der Waals surface area contributed by atoms with Crippen LogP contribution in [0.5, 0.6) is 5.75 Å². The second-order valence-corrected chi connectivity index (χ2v) is 6.72. The first-order valence-corrected chi connectivity index (χ1v) is 9.61. The number of nitrogens with one attached hydrogen (secondary N) is 2. The summed E-state index contributed by atoms with van der Waals surface area (Å²) in [5.74, 6) is -0.908. The van der Waals surface area contributed by atoms with Crippen molar-refractivity contribution in [2.45, 2.75) is 0 Å². The Kier molecular flexibility index (Phi) is 5.75. The van der Waals surface area contributed by atoms with E-state index in [9.17, 15) is 14.4 Å². The van der Waals surface area contributed by atoms with Crippen LogP contribution >= 0.6 is 0 Å². The Balaban J connectivity index is 1.49. The lowest BCUT2D eigenvalue weighted by Gasteiger charge is -2.14. The van der Waals surface area contributed by atoms with Crippen LogP contribution in [0.1, 0.15) is 5.56 Å². The molecule has 1 heterocycles. The molecule has 0 bridgehead atoms. The Morgan fingerprint density at radius 2 is 1.55 bits per heavy atom. The molecule has 3 aromatic rings. The van der Waals surface area contributed by atoms with E-state index in [0.717, 1.165) is 0 Å². The normalized spacial score (nSPS) is 14.5. The highest BCUT2D eigenvalue weighted by molar-refractivity contribution is 6.31.